The lowest BCUT2D eigenvalue weighted by Crippen LogP contribution is -2.80. The number of likely N-dealkylation sites (N-methyl/N-ethyl adjacent to an activating group) is 1. The molecule has 0 unspecified atom stereocenters. The molecule has 6 rings (SSSR count). The first kappa shape index (κ1) is 17.2. The van der Waals surface area contributed by atoms with Gasteiger partial charge in [0.1, 0.15) is 5.54 Å². The van der Waals surface area contributed by atoms with Crippen molar-refractivity contribution in [1.29, 1.82) is 0 Å². The molecule has 0 aromatic heterocycles. The molecular formula is C20H27N3O4. The third-order valence-electron chi connectivity index (χ3n) is 9.27. The molecule has 1 saturated carbocycles. The number of carbonyl (C=O) groups is 4. The van der Waals surface area contributed by atoms with Gasteiger partial charge in [-0.25, -0.2) is 0 Å². The fourth-order valence-corrected chi connectivity index (χ4v) is 7.54. The molecular weight excluding hydrogens is 346 g/mol. The third kappa shape index (κ3) is 1.45. The second-order valence-electron chi connectivity index (χ2n) is 10.1. The molecule has 27 heavy (non-hydrogen) atoms. The van der Waals surface area contributed by atoms with Crippen molar-refractivity contribution in [3.8, 4) is 0 Å². The number of piperidine rings is 2. The molecule has 2 bridgehead atoms. The number of hydrogen-bond donors (Lipinski definition) is 0. The Labute approximate surface area is 159 Å². The van der Waals surface area contributed by atoms with Crippen LogP contribution in [-0.2, 0) is 19.2 Å². The number of fused-ring (bicyclic) bond motifs is 1. The van der Waals surface area contributed by atoms with E-state index in [2.05, 4.69) is 13.8 Å². The Morgan fingerprint density at radius 1 is 1.00 bits per heavy atom. The number of likely N-dealkylation sites (tertiary alicyclic amines) is 1. The van der Waals surface area contributed by atoms with Gasteiger partial charge in [-0.15, -0.1) is 0 Å². The van der Waals surface area contributed by atoms with Gasteiger partial charge in [-0.3, -0.25) is 24.1 Å². The molecule has 4 amide bonds. The first-order chi connectivity index (χ1) is 12.5. The molecule has 0 N–H and O–H groups in total. The van der Waals surface area contributed by atoms with Crippen LogP contribution in [0.2, 0.25) is 0 Å². The van der Waals surface area contributed by atoms with E-state index < -0.39 is 21.9 Å². The van der Waals surface area contributed by atoms with Crippen LogP contribution in [-0.4, -0.2) is 70.0 Å². The lowest BCUT2D eigenvalue weighted by molar-refractivity contribution is -0.192. The molecule has 1 aliphatic carbocycles. The van der Waals surface area contributed by atoms with E-state index >= 15 is 0 Å². The van der Waals surface area contributed by atoms with Crippen molar-refractivity contribution < 1.29 is 19.2 Å². The van der Waals surface area contributed by atoms with Crippen LogP contribution in [0.3, 0.4) is 0 Å². The number of carbonyl (C=O) groups excluding carboxylic acids is 4. The molecule has 5 atom stereocenters. The minimum Gasteiger partial charge on any atom is -0.336 e. The second-order valence-corrected chi connectivity index (χ2v) is 10.1. The van der Waals surface area contributed by atoms with E-state index in [1.54, 1.807) is 7.05 Å². The van der Waals surface area contributed by atoms with Gasteiger partial charge in [0.25, 0.3) is 0 Å². The van der Waals surface area contributed by atoms with Gasteiger partial charge in [0.2, 0.25) is 23.6 Å². The van der Waals surface area contributed by atoms with Gasteiger partial charge >= 0.3 is 0 Å². The summed E-state index contributed by atoms with van der Waals surface area (Å²) in [6.45, 7) is 6.67. The Morgan fingerprint density at radius 2 is 1.67 bits per heavy atom. The van der Waals surface area contributed by atoms with E-state index in [1.807, 2.05) is 23.8 Å². The van der Waals surface area contributed by atoms with Crippen molar-refractivity contribution in [3.05, 3.63) is 0 Å². The third-order valence-corrected chi connectivity index (χ3v) is 9.27. The monoisotopic (exact) mass is 373 g/mol. The van der Waals surface area contributed by atoms with Gasteiger partial charge in [0.05, 0.1) is 11.0 Å². The zero-order valence-electron chi connectivity index (χ0n) is 16.7. The molecule has 5 heterocycles. The van der Waals surface area contributed by atoms with Crippen molar-refractivity contribution in [3.63, 3.8) is 0 Å². The van der Waals surface area contributed by atoms with Crippen LogP contribution in [0.4, 0.5) is 0 Å². The molecule has 6 fully saturated rings. The molecule has 7 heteroatoms. The first-order valence-corrected chi connectivity index (χ1v) is 9.85. The van der Waals surface area contributed by atoms with Crippen LogP contribution in [0.25, 0.3) is 0 Å². The SMILES string of the molecule is C[C@@H]1CC(=O)N2C[C@@]34C[C@@]5(CC(=O)N(C)C5=O)C(C)(C)[C@H]3C[C@@]12C(=O)N4C. The van der Waals surface area contributed by atoms with Crippen LogP contribution >= 0.6 is 0 Å². The molecule has 146 valence electrons. The predicted octanol–water partition coefficient (Wildman–Crippen LogP) is 0.629. The second kappa shape index (κ2) is 4.39. The van der Waals surface area contributed by atoms with Crippen LogP contribution in [0, 0.1) is 22.7 Å². The van der Waals surface area contributed by atoms with E-state index in [1.165, 1.54) is 4.90 Å². The van der Waals surface area contributed by atoms with Gasteiger partial charge in [0, 0.05) is 33.5 Å². The number of amides is 4. The maximum absolute atomic E-state index is 13.5. The number of nitrogens with zero attached hydrogens (tertiary/aromatic N) is 3. The number of piperazine rings is 1. The van der Waals surface area contributed by atoms with Gasteiger partial charge in [-0.05, 0) is 30.1 Å². The summed E-state index contributed by atoms with van der Waals surface area (Å²) in [5, 5.41) is 0. The van der Waals surface area contributed by atoms with Gasteiger partial charge < -0.3 is 9.80 Å². The quantitative estimate of drug-likeness (QED) is 0.584. The van der Waals surface area contributed by atoms with E-state index in [0.29, 0.717) is 25.8 Å². The highest BCUT2D eigenvalue weighted by atomic mass is 16.2. The normalized spacial score (nSPS) is 47.5. The zero-order chi connectivity index (χ0) is 19.7. The first-order valence-electron chi connectivity index (χ1n) is 9.85. The largest absolute Gasteiger partial charge is 0.336 e. The molecule has 5 aliphatic heterocycles. The fraction of sp³-hybridized carbons (Fsp3) is 0.800. The van der Waals surface area contributed by atoms with E-state index in [0.717, 1.165) is 0 Å². The molecule has 0 aromatic carbocycles. The topological polar surface area (TPSA) is 78.0 Å². The maximum Gasteiger partial charge on any atom is 0.249 e. The summed E-state index contributed by atoms with van der Waals surface area (Å²) in [7, 11) is 3.40. The summed E-state index contributed by atoms with van der Waals surface area (Å²) in [5.41, 5.74) is -2.57. The average Bonchev–Trinajstić information content (AvgIpc) is 3.07. The fourth-order valence-electron chi connectivity index (χ4n) is 7.54. The molecule has 0 aromatic rings. The van der Waals surface area contributed by atoms with Gasteiger partial charge in [-0.1, -0.05) is 20.8 Å². The highest BCUT2D eigenvalue weighted by Gasteiger charge is 2.81. The van der Waals surface area contributed by atoms with Gasteiger partial charge in [-0.2, -0.15) is 0 Å². The van der Waals surface area contributed by atoms with Crippen LogP contribution in [0.15, 0.2) is 0 Å². The summed E-state index contributed by atoms with van der Waals surface area (Å²) in [5.74, 6) is -0.153. The van der Waals surface area contributed by atoms with Crippen molar-refractivity contribution in [2.75, 3.05) is 20.6 Å². The Kier molecular flexibility index (Phi) is 2.79. The molecule has 0 radical (unpaired) electrons. The molecule has 5 saturated heterocycles. The number of hydrogen-bond acceptors (Lipinski definition) is 4. The standard InChI is InChI=1S/C20H27N3O4/c1-11-6-13(24)23-10-19-9-18(8-14(25)21(4)15(18)26)17(2,3)12(19)7-20(11,23)16(27)22(19)5/h11-12H,6-10H2,1-5H3/t11-,12-,18-,19+,20+/m1/s1. The number of rotatable bonds is 0. The van der Waals surface area contributed by atoms with E-state index in [-0.39, 0.29) is 41.9 Å². The Bertz CT molecular complexity index is 837. The lowest BCUT2D eigenvalue weighted by Gasteiger charge is -2.64. The summed E-state index contributed by atoms with van der Waals surface area (Å²) in [4.78, 5) is 56.8. The molecule has 3 spiro atoms. The van der Waals surface area contributed by atoms with E-state index in [4.69, 9.17) is 0 Å². The van der Waals surface area contributed by atoms with Gasteiger partial charge in [0.15, 0.2) is 0 Å². The van der Waals surface area contributed by atoms with Crippen molar-refractivity contribution >= 4 is 23.6 Å². The van der Waals surface area contributed by atoms with Crippen LogP contribution in [0.5, 0.6) is 0 Å². The van der Waals surface area contributed by atoms with Crippen molar-refractivity contribution in [2.24, 2.45) is 22.7 Å². The smallest absolute Gasteiger partial charge is 0.249 e. The zero-order valence-corrected chi connectivity index (χ0v) is 16.7. The van der Waals surface area contributed by atoms with Crippen molar-refractivity contribution in [2.45, 2.75) is 57.5 Å². The highest BCUT2D eigenvalue weighted by molar-refractivity contribution is 6.07. The van der Waals surface area contributed by atoms with Crippen LogP contribution < -0.4 is 0 Å². The predicted molar refractivity (Wildman–Crippen MR) is 95.1 cm³/mol. The van der Waals surface area contributed by atoms with E-state index in [9.17, 15) is 19.2 Å². The molecule has 7 nitrogen and oxygen atoms in total. The summed E-state index contributed by atoms with van der Waals surface area (Å²) < 4.78 is 0. The minimum atomic E-state index is -0.796. The Morgan fingerprint density at radius 3 is 2.26 bits per heavy atom. The minimum absolute atomic E-state index is 0.0151. The van der Waals surface area contributed by atoms with Crippen LogP contribution in [0.1, 0.15) is 46.5 Å². The summed E-state index contributed by atoms with van der Waals surface area (Å²) >= 11 is 0. The Balaban J connectivity index is 1.71. The number of imide groups is 1. The highest BCUT2D eigenvalue weighted by Crippen LogP contribution is 2.72. The summed E-state index contributed by atoms with van der Waals surface area (Å²) in [6, 6.07) is 0. The molecule has 6 aliphatic rings. The lowest BCUT2D eigenvalue weighted by atomic mass is 9.57. The van der Waals surface area contributed by atoms with Crippen molar-refractivity contribution in [1.82, 2.24) is 14.7 Å². The average molecular weight is 373 g/mol. The maximum atomic E-state index is 13.5. The Hall–Kier alpha value is -1.92. The summed E-state index contributed by atoms with van der Waals surface area (Å²) in [6.07, 6.45) is 1.67.